The number of carboxylic acids is 1. The standard InChI is InChI=1S/C24H16F3NO3/c1-14-13-28-22-19(6-3-7-20(22)24(25,26)27)21(14)16-4-2-5-18(12-16)31-17-10-8-15(9-11-17)23(29)30/h2-13H,1H3,(H,29,30). The Balaban J connectivity index is 1.77. The number of aromatic carboxylic acids is 1. The molecule has 0 radical (unpaired) electrons. The van der Waals surface area contributed by atoms with Crippen LogP contribution in [0.5, 0.6) is 11.5 Å². The number of carbonyl (C=O) groups is 1. The van der Waals surface area contributed by atoms with Gasteiger partial charge >= 0.3 is 12.1 Å². The fraction of sp³-hybridized carbons (Fsp3) is 0.0833. The molecular weight excluding hydrogens is 407 g/mol. The van der Waals surface area contributed by atoms with E-state index in [4.69, 9.17) is 9.84 Å². The number of halogens is 3. The first-order valence-corrected chi connectivity index (χ1v) is 9.31. The molecule has 0 aliphatic carbocycles. The van der Waals surface area contributed by atoms with E-state index in [0.717, 1.165) is 11.6 Å². The van der Waals surface area contributed by atoms with E-state index in [2.05, 4.69) is 4.98 Å². The highest BCUT2D eigenvalue weighted by Crippen LogP contribution is 2.39. The summed E-state index contributed by atoms with van der Waals surface area (Å²) in [5.41, 5.74) is 1.31. The molecule has 0 saturated heterocycles. The Kier molecular flexibility index (Phi) is 5.10. The van der Waals surface area contributed by atoms with Gasteiger partial charge < -0.3 is 9.84 Å². The maximum absolute atomic E-state index is 13.4. The van der Waals surface area contributed by atoms with Crippen molar-refractivity contribution in [3.63, 3.8) is 0 Å². The van der Waals surface area contributed by atoms with E-state index in [-0.39, 0.29) is 11.1 Å². The van der Waals surface area contributed by atoms with Gasteiger partial charge in [-0.05, 0) is 66.1 Å². The van der Waals surface area contributed by atoms with Crippen LogP contribution in [0.3, 0.4) is 0 Å². The van der Waals surface area contributed by atoms with Gasteiger partial charge in [-0.1, -0.05) is 24.3 Å². The molecule has 3 aromatic carbocycles. The molecular formula is C24H16F3NO3. The van der Waals surface area contributed by atoms with Crippen molar-refractivity contribution in [1.82, 2.24) is 4.98 Å². The van der Waals surface area contributed by atoms with Crippen LogP contribution in [0, 0.1) is 6.92 Å². The molecule has 0 bridgehead atoms. The van der Waals surface area contributed by atoms with Gasteiger partial charge in [-0.2, -0.15) is 13.2 Å². The molecule has 1 heterocycles. The Morgan fingerprint density at radius 1 is 0.968 bits per heavy atom. The van der Waals surface area contributed by atoms with Crippen molar-refractivity contribution in [1.29, 1.82) is 0 Å². The van der Waals surface area contributed by atoms with Crippen LogP contribution in [0.2, 0.25) is 0 Å². The number of aromatic nitrogens is 1. The number of fused-ring (bicyclic) bond motifs is 1. The van der Waals surface area contributed by atoms with Crippen molar-refractivity contribution in [3.05, 3.63) is 89.6 Å². The molecule has 0 amide bonds. The molecule has 0 spiro atoms. The third kappa shape index (κ3) is 4.07. The minimum Gasteiger partial charge on any atom is -0.478 e. The first-order valence-electron chi connectivity index (χ1n) is 9.31. The molecule has 0 atom stereocenters. The fourth-order valence-corrected chi connectivity index (χ4v) is 3.45. The van der Waals surface area contributed by atoms with E-state index in [1.54, 1.807) is 49.4 Å². The van der Waals surface area contributed by atoms with Crippen LogP contribution < -0.4 is 4.74 Å². The maximum Gasteiger partial charge on any atom is 0.418 e. The number of hydrogen-bond acceptors (Lipinski definition) is 3. The summed E-state index contributed by atoms with van der Waals surface area (Å²) in [7, 11) is 0. The molecule has 4 nitrogen and oxygen atoms in total. The summed E-state index contributed by atoms with van der Waals surface area (Å²) < 4.78 is 46.1. The number of nitrogens with zero attached hydrogens (tertiary/aromatic N) is 1. The van der Waals surface area contributed by atoms with E-state index >= 15 is 0 Å². The second-order valence-electron chi connectivity index (χ2n) is 6.98. The van der Waals surface area contributed by atoms with Gasteiger partial charge in [0, 0.05) is 11.6 Å². The highest BCUT2D eigenvalue weighted by atomic mass is 19.4. The maximum atomic E-state index is 13.4. The number of alkyl halides is 3. The summed E-state index contributed by atoms with van der Waals surface area (Å²) >= 11 is 0. The van der Waals surface area contributed by atoms with Crippen molar-refractivity contribution < 1.29 is 27.8 Å². The van der Waals surface area contributed by atoms with Gasteiger partial charge in [-0.3, -0.25) is 4.98 Å². The molecule has 31 heavy (non-hydrogen) atoms. The zero-order valence-electron chi connectivity index (χ0n) is 16.3. The molecule has 0 aliphatic rings. The molecule has 1 aromatic heterocycles. The number of ether oxygens (including phenoxy) is 1. The number of para-hydroxylation sites is 1. The lowest BCUT2D eigenvalue weighted by Gasteiger charge is -2.15. The average molecular weight is 423 g/mol. The summed E-state index contributed by atoms with van der Waals surface area (Å²) in [6.07, 6.45) is -3.07. The summed E-state index contributed by atoms with van der Waals surface area (Å²) in [5.74, 6) is -0.124. The summed E-state index contributed by atoms with van der Waals surface area (Å²) in [5, 5.41) is 9.39. The van der Waals surface area contributed by atoms with E-state index in [0.29, 0.717) is 28.0 Å². The van der Waals surface area contributed by atoms with Crippen LogP contribution in [0.25, 0.3) is 22.0 Å². The smallest absolute Gasteiger partial charge is 0.418 e. The van der Waals surface area contributed by atoms with Crippen LogP contribution in [-0.2, 0) is 6.18 Å². The predicted molar refractivity (Wildman–Crippen MR) is 110 cm³/mol. The first kappa shape index (κ1) is 20.4. The van der Waals surface area contributed by atoms with Crippen molar-refractivity contribution >= 4 is 16.9 Å². The predicted octanol–water partition coefficient (Wildman–Crippen LogP) is 6.72. The van der Waals surface area contributed by atoms with Crippen LogP contribution in [-0.4, -0.2) is 16.1 Å². The van der Waals surface area contributed by atoms with E-state index < -0.39 is 17.7 Å². The molecule has 4 rings (SSSR count). The highest BCUT2D eigenvalue weighted by molar-refractivity contribution is 5.97. The van der Waals surface area contributed by atoms with Gasteiger partial charge in [0.15, 0.2) is 0 Å². The lowest BCUT2D eigenvalue weighted by Crippen LogP contribution is -2.07. The molecule has 0 saturated carbocycles. The number of carboxylic acid groups (broad SMARTS) is 1. The van der Waals surface area contributed by atoms with Crippen molar-refractivity contribution in [2.45, 2.75) is 13.1 Å². The van der Waals surface area contributed by atoms with Gasteiger partial charge in [-0.15, -0.1) is 0 Å². The van der Waals surface area contributed by atoms with Crippen molar-refractivity contribution in [3.8, 4) is 22.6 Å². The largest absolute Gasteiger partial charge is 0.478 e. The minimum absolute atomic E-state index is 0.105. The average Bonchev–Trinajstić information content (AvgIpc) is 2.73. The van der Waals surface area contributed by atoms with Crippen molar-refractivity contribution in [2.75, 3.05) is 0 Å². The zero-order chi connectivity index (χ0) is 22.2. The van der Waals surface area contributed by atoms with E-state index in [1.807, 2.05) is 0 Å². The number of rotatable bonds is 4. The Hall–Kier alpha value is -3.87. The molecule has 4 aromatic rings. The van der Waals surface area contributed by atoms with Gasteiger partial charge in [0.1, 0.15) is 11.5 Å². The molecule has 7 heteroatoms. The van der Waals surface area contributed by atoms with Crippen LogP contribution >= 0.6 is 0 Å². The summed E-state index contributed by atoms with van der Waals surface area (Å²) in [6, 6.07) is 17.0. The third-order valence-corrected chi connectivity index (χ3v) is 4.85. The fourth-order valence-electron chi connectivity index (χ4n) is 3.45. The van der Waals surface area contributed by atoms with Gasteiger partial charge in [0.25, 0.3) is 0 Å². The Bertz CT molecular complexity index is 1280. The molecule has 0 aliphatic heterocycles. The first-order chi connectivity index (χ1) is 14.7. The Morgan fingerprint density at radius 3 is 2.35 bits per heavy atom. The topological polar surface area (TPSA) is 59.4 Å². The number of aryl methyl sites for hydroxylation is 1. The second kappa shape index (κ2) is 7.75. The second-order valence-corrected chi connectivity index (χ2v) is 6.98. The minimum atomic E-state index is -4.51. The van der Waals surface area contributed by atoms with Crippen LogP contribution in [0.15, 0.2) is 72.9 Å². The SMILES string of the molecule is Cc1cnc2c(C(F)(F)F)cccc2c1-c1cccc(Oc2ccc(C(=O)O)cc2)c1. The van der Waals surface area contributed by atoms with Crippen molar-refractivity contribution in [2.24, 2.45) is 0 Å². The van der Waals surface area contributed by atoms with Gasteiger partial charge in [-0.25, -0.2) is 4.79 Å². The third-order valence-electron chi connectivity index (χ3n) is 4.85. The Morgan fingerprint density at radius 2 is 1.68 bits per heavy atom. The summed E-state index contributed by atoms with van der Waals surface area (Å²) in [4.78, 5) is 15.0. The van der Waals surface area contributed by atoms with Crippen LogP contribution in [0.1, 0.15) is 21.5 Å². The highest BCUT2D eigenvalue weighted by Gasteiger charge is 2.33. The van der Waals surface area contributed by atoms with E-state index in [9.17, 15) is 18.0 Å². The number of hydrogen-bond donors (Lipinski definition) is 1. The zero-order valence-corrected chi connectivity index (χ0v) is 16.3. The van der Waals surface area contributed by atoms with Crippen LogP contribution in [0.4, 0.5) is 13.2 Å². The molecule has 156 valence electrons. The monoisotopic (exact) mass is 423 g/mol. The lowest BCUT2D eigenvalue weighted by atomic mass is 9.95. The summed E-state index contributed by atoms with van der Waals surface area (Å²) in [6.45, 7) is 1.79. The van der Waals surface area contributed by atoms with Gasteiger partial charge in [0.2, 0.25) is 0 Å². The number of pyridine rings is 1. The lowest BCUT2D eigenvalue weighted by molar-refractivity contribution is -0.136. The normalized spacial score (nSPS) is 11.5. The van der Waals surface area contributed by atoms with E-state index in [1.165, 1.54) is 24.4 Å². The quantitative estimate of drug-likeness (QED) is 0.396. The molecule has 1 N–H and O–H groups in total. The molecule has 0 fully saturated rings. The molecule has 0 unspecified atom stereocenters. The number of benzene rings is 3. The van der Waals surface area contributed by atoms with Gasteiger partial charge in [0.05, 0.1) is 16.6 Å². The Labute approximate surface area is 175 Å².